The van der Waals surface area contributed by atoms with Crippen molar-refractivity contribution < 1.29 is 4.42 Å². The lowest BCUT2D eigenvalue weighted by molar-refractivity contribution is 0.421. The summed E-state index contributed by atoms with van der Waals surface area (Å²) in [5.41, 5.74) is 1.74. The molecule has 1 aromatic heterocycles. The van der Waals surface area contributed by atoms with Gasteiger partial charge in [0.25, 0.3) is 0 Å². The molecule has 1 N–H and O–H groups in total. The van der Waals surface area contributed by atoms with Crippen molar-refractivity contribution in [3.63, 3.8) is 0 Å². The van der Waals surface area contributed by atoms with Crippen LogP contribution in [0.3, 0.4) is 0 Å². The van der Waals surface area contributed by atoms with E-state index in [0.29, 0.717) is 17.3 Å². The van der Waals surface area contributed by atoms with Gasteiger partial charge in [-0.15, -0.1) is 0 Å². The molecule has 1 aromatic carbocycles. The van der Waals surface area contributed by atoms with Gasteiger partial charge in [0.1, 0.15) is 5.69 Å². The maximum Gasteiger partial charge on any atom is 0.181 e. The Morgan fingerprint density at radius 3 is 2.74 bits per heavy atom. The predicted octanol–water partition coefficient (Wildman–Crippen LogP) is 4.65. The van der Waals surface area contributed by atoms with Crippen LogP contribution in [0.25, 0.3) is 11.3 Å². The molecule has 0 aliphatic rings. The summed E-state index contributed by atoms with van der Waals surface area (Å²) < 4.78 is 6.43. The molecule has 0 amide bonds. The number of hydrogen-bond donors (Lipinski definition) is 1. The summed E-state index contributed by atoms with van der Waals surface area (Å²) >= 11 is 9.64. The maximum atomic E-state index is 6.24. The van der Waals surface area contributed by atoms with Gasteiger partial charge in [0.2, 0.25) is 0 Å². The predicted molar refractivity (Wildman–Crippen MR) is 81.2 cm³/mol. The highest BCUT2D eigenvalue weighted by molar-refractivity contribution is 9.10. The van der Waals surface area contributed by atoms with E-state index in [1.807, 2.05) is 18.2 Å². The van der Waals surface area contributed by atoms with Crippen LogP contribution in [0.15, 0.2) is 33.5 Å². The standard InChI is InChI=1S/C14H16BrClN2O/c1-14(2,3)18-7-12-13(19-8-17-12)10-5-4-9(15)6-11(10)16/h4-6,8,18H,7H2,1-3H3. The molecule has 0 saturated carbocycles. The summed E-state index contributed by atoms with van der Waals surface area (Å²) in [7, 11) is 0. The molecular formula is C14H16BrClN2O. The third-order valence-corrected chi connectivity index (χ3v) is 3.41. The van der Waals surface area contributed by atoms with E-state index in [1.165, 1.54) is 6.39 Å². The molecular weight excluding hydrogens is 328 g/mol. The van der Waals surface area contributed by atoms with Gasteiger partial charge in [0.05, 0.1) is 5.02 Å². The van der Waals surface area contributed by atoms with Crippen LogP contribution in [-0.4, -0.2) is 10.5 Å². The first kappa shape index (κ1) is 14.6. The topological polar surface area (TPSA) is 38.1 Å². The molecule has 0 radical (unpaired) electrons. The van der Waals surface area contributed by atoms with Crippen LogP contribution in [0.5, 0.6) is 0 Å². The van der Waals surface area contributed by atoms with Gasteiger partial charge in [-0.25, -0.2) is 4.98 Å². The number of aromatic nitrogens is 1. The Morgan fingerprint density at radius 1 is 1.37 bits per heavy atom. The molecule has 3 nitrogen and oxygen atoms in total. The molecule has 5 heteroatoms. The Kier molecular flexibility index (Phi) is 4.33. The van der Waals surface area contributed by atoms with Gasteiger partial charge < -0.3 is 9.73 Å². The molecule has 19 heavy (non-hydrogen) atoms. The Bertz CT molecular complexity index is 575. The van der Waals surface area contributed by atoms with Crippen LogP contribution in [0.1, 0.15) is 26.5 Å². The van der Waals surface area contributed by atoms with E-state index in [2.05, 4.69) is 47.0 Å². The zero-order chi connectivity index (χ0) is 14.0. The van der Waals surface area contributed by atoms with Crippen molar-refractivity contribution in [2.24, 2.45) is 0 Å². The first-order chi connectivity index (χ1) is 8.87. The number of hydrogen-bond acceptors (Lipinski definition) is 3. The Morgan fingerprint density at radius 2 is 2.11 bits per heavy atom. The molecule has 1 heterocycles. The molecule has 0 aliphatic carbocycles. The first-order valence-electron chi connectivity index (χ1n) is 5.99. The second-order valence-corrected chi connectivity index (χ2v) is 6.68. The normalized spacial score (nSPS) is 11.8. The van der Waals surface area contributed by atoms with Crippen molar-refractivity contribution in [1.29, 1.82) is 0 Å². The Balaban J connectivity index is 2.28. The lowest BCUT2D eigenvalue weighted by Gasteiger charge is -2.19. The zero-order valence-corrected chi connectivity index (χ0v) is 13.5. The fourth-order valence-corrected chi connectivity index (χ4v) is 2.40. The van der Waals surface area contributed by atoms with Crippen molar-refractivity contribution in [2.75, 3.05) is 0 Å². The van der Waals surface area contributed by atoms with Crippen LogP contribution in [0.4, 0.5) is 0 Å². The lowest BCUT2D eigenvalue weighted by atomic mass is 10.1. The van der Waals surface area contributed by atoms with Crippen molar-refractivity contribution in [2.45, 2.75) is 32.9 Å². The van der Waals surface area contributed by atoms with E-state index in [0.717, 1.165) is 15.7 Å². The number of oxazole rings is 1. The van der Waals surface area contributed by atoms with Gasteiger partial charge in [-0.2, -0.15) is 0 Å². The van der Waals surface area contributed by atoms with Gasteiger partial charge in [-0.3, -0.25) is 0 Å². The van der Waals surface area contributed by atoms with Gasteiger partial charge in [-0.1, -0.05) is 27.5 Å². The number of benzene rings is 1. The molecule has 0 bridgehead atoms. The average molecular weight is 344 g/mol. The third-order valence-electron chi connectivity index (χ3n) is 2.60. The largest absolute Gasteiger partial charge is 0.443 e. The van der Waals surface area contributed by atoms with Gasteiger partial charge in [0, 0.05) is 22.1 Å². The molecule has 0 spiro atoms. The molecule has 2 rings (SSSR count). The molecule has 0 atom stereocenters. The second kappa shape index (κ2) is 5.65. The van der Waals surface area contributed by atoms with E-state index in [1.54, 1.807) is 0 Å². The van der Waals surface area contributed by atoms with E-state index in [-0.39, 0.29) is 5.54 Å². The number of nitrogens with zero attached hydrogens (tertiary/aromatic N) is 1. The van der Waals surface area contributed by atoms with Crippen LogP contribution in [-0.2, 0) is 6.54 Å². The smallest absolute Gasteiger partial charge is 0.181 e. The van der Waals surface area contributed by atoms with Crippen molar-refractivity contribution in [3.8, 4) is 11.3 Å². The summed E-state index contributed by atoms with van der Waals surface area (Å²) in [4.78, 5) is 4.26. The fourth-order valence-electron chi connectivity index (χ4n) is 1.64. The van der Waals surface area contributed by atoms with E-state index in [4.69, 9.17) is 16.0 Å². The monoisotopic (exact) mass is 342 g/mol. The SMILES string of the molecule is CC(C)(C)NCc1ncoc1-c1ccc(Br)cc1Cl. The van der Waals surface area contributed by atoms with Crippen LogP contribution < -0.4 is 5.32 Å². The highest BCUT2D eigenvalue weighted by Crippen LogP contribution is 2.32. The number of halogens is 2. The first-order valence-corrected chi connectivity index (χ1v) is 7.17. The number of nitrogens with one attached hydrogen (secondary N) is 1. The van der Waals surface area contributed by atoms with Crippen molar-refractivity contribution in [1.82, 2.24) is 10.3 Å². The number of rotatable bonds is 3. The average Bonchev–Trinajstić information content (AvgIpc) is 2.73. The minimum absolute atomic E-state index is 0.0275. The van der Waals surface area contributed by atoms with Crippen molar-refractivity contribution in [3.05, 3.63) is 39.8 Å². The molecule has 0 fully saturated rings. The van der Waals surface area contributed by atoms with Crippen LogP contribution >= 0.6 is 27.5 Å². The highest BCUT2D eigenvalue weighted by Gasteiger charge is 2.16. The summed E-state index contributed by atoms with van der Waals surface area (Å²) in [5, 5.41) is 4.03. The summed E-state index contributed by atoms with van der Waals surface area (Å²) in [6, 6.07) is 5.71. The Hall–Kier alpha value is -0.840. The van der Waals surface area contributed by atoms with E-state index >= 15 is 0 Å². The molecule has 0 saturated heterocycles. The summed E-state index contributed by atoms with van der Waals surface area (Å²) in [6.45, 7) is 6.97. The molecule has 0 aliphatic heterocycles. The van der Waals surface area contributed by atoms with Crippen LogP contribution in [0, 0.1) is 0 Å². The van der Waals surface area contributed by atoms with Gasteiger partial charge in [-0.05, 0) is 39.0 Å². The van der Waals surface area contributed by atoms with E-state index in [9.17, 15) is 0 Å². The molecule has 2 aromatic rings. The summed E-state index contributed by atoms with van der Waals surface area (Å²) in [6.07, 6.45) is 1.45. The van der Waals surface area contributed by atoms with E-state index < -0.39 is 0 Å². The van der Waals surface area contributed by atoms with Gasteiger partial charge >= 0.3 is 0 Å². The minimum Gasteiger partial charge on any atom is -0.443 e. The lowest BCUT2D eigenvalue weighted by Crippen LogP contribution is -2.35. The Labute approximate surface area is 126 Å². The quantitative estimate of drug-likeness (QED) is 0.882. The van der Waals surface area contributed by atoms with Crippen molar-refractivity contribution >= 4 is 27.5 Å². The zero-order valence-electron chi connectivity index (χ0n) is 11.1. The second-order valence-electron chi connectivity index (χ2n) is 5.36. The highest BCUT2D eigenvalue weighted by atomic mass is 79.9. The fraction of sp³-hybridized carbons (Fsp3) is 0.357. The third kappa shape index (κ3) is 3.81. The maximum absolute atomic E-state index is 6.24. The summed E-state index contributed by atoms with van der Waals surface area (Å²) in [5.74, 6) is 0.717. The van der Waals surface area contributed by atoms with Crippen LogP contribution in [0.2, 0.25) is 5.02 Å². The van der Waals surface area contributed by atoms with Gasteiger partial charge in [0.15, 0.2) is 12.2 Å². The molecule has 102 valence electrons. The molecule has 0 unspecified atom stereocenters. The minimum atomic E-state index is 0.0275.